The van der Waals surface area contributed by atoms with Crippen LogP contribution in [0, 0.1) is 0 Å². The Kier molecular flexibility index (Phi) is 4.82. The van der Waals surface area contributed by atoms with Crippen molar-refractivity contribution in [3.8, 4) is 0 Å². The van der Waals surface area contributed by atoms with E-state index in [2.05, 4.69) is 13.2 Å². The summed E-state index contributed by atoms with van der Waals surface area (Å²) in [6.45, 7) is 8.62. The zero-order valence-electron chi connectivity index (χ0n) is 6.62. The first-order valence-electron chi connectivity index (χ1n) is 3.33. The Labute approximate surface area is 66.9 Å². The molecule has 2 nitrogen and oxygen atoms in total. The molecule has 1 atom stereocenters. The summed E-state index contributed by atoms with van der Waals surface area (Å²) in [5.74, 6) is -0.437. The summed E-state index contributed by atoms with van der Waals surface area (Å²) >= 11 is 0. The maximum atomic E-state index is 10.6. The lowest BCUT2D eigenvalue weighted by Gasteiger charge is -2.06. The van der Waals surface area contributed by atoms with Crippen LogP contribution in [-0.4, -0.2) is 12.1 Å². The van der Waals surface area contributed by atoms with E-state index in [1.807, 2.05) is 6.92 Å². The van der Waals surface area contributed by atoms with E-state index in [1.54, 1.807) is 18.2 Å². The van der Waals surface area contributed by atoms with Crippen LogP contribution in [0.25, 0.3) is 0 Å². The van der Waals surface area contributed by atoms with Gasteiger partial charge in [0.2, 0.25) is 0 Å². The van der Waals surface area contributed by atoms with Gasteiger partial charge in [-0.3, -0.25) is 0 Å². The van der Waals surface area contributed by atoms with Gasteiger partial charge in [-0.15, -0.1) is 0 Å². The smallest absolute Gasteiger partial charge is 0.331 e. The lowest BCUT2D eigenvalue weighted by Crippen LogP contribution is -2.10. The number of esters is 1. The molecule has 0 aliphatic rings. The Morgan fingerprint density at radius 1 is 1.55 bits per heavy atom. The minimum absolute atomic E-state index is 0.342. The summed E-state index contributed by atoms with van der Waals surface area (Å²) in [6.07, 6.45) is 5.85. The van der Waals surface area contributed by atoms with Crippen molar-refractivity contribution in [2.45, 2.75) is 13.0 Å². The molecule has 0 rings (SSSR count). The van der Waals surface area contributed by atoms with E-state index in [0.29, 0.717) is 0 Å². The highest BCUT2D eigenvalue weighted by molar-refractivity contribution is 5.81. The van der Waals surface area contributed by atoms with E-state index in [1.165, 1.54) is 0 Å². The van der Waals surface area contributed by atoms with Crippen LogP contribution in [0.5, 0.6) is 0 Å². The number of ether oxygens (including phenoxy) is 1. The predicted octanol–water partition coefficient (Wildman–Crippen LogP) is 1.85. The van der Waals surface area contributed by atoms with E-state index < -0.39 is 5.97 Å². The van der Waals surface area contributed by atoms with Crippen molar-refractivity contribution in [1.29, 1.82) is 0 Å². The van der Waals surface area contributed by atoms with Gasteiger partial charge in [-0.1, -0.05) is 19.2 Å². The molecule has 11 heavy (non-hydrogen) atoms. The van der Waals surface area contributed by atoms with Gasteiger partial charge in [0.1, 0.15) is 6.10 Å². The standard InChI is InChI=1S/C9H12O2/c1-4-7-8(5-2)11-9(10)6-3/h4-8H,2-3H2,1H3/b7-4+. The molecule has 0 aromatic carbocycles. The minimum atomic E-state index is -0.437. The molecule has 0 bridgehead atoms. The number of allylic oxidation sites excluding steroid dienone is 1. The maximum absolute atomic E-state index is 10.6. The summed E-state index contributed by atoms with van der Waals surface area (Å²) < 4.78 is 4.83. The van der Waals surface area contributed by atoms with Crippen LogP contribution >= 0.6 is 0 Å². The van der Waals surface area contributed by atoms with Gasteiger partial charge in [0.05, 0.1) is 0 Å². The first-order valence-corrected chi connectivity index (χ1v) is 3.33. The van der Waals surface area contributed by atoms with Crippen molar-refractivity contribution in [2.24, 2.45) is 0 Å². The molecule has 0 saturated carbocycles. The van der Waals surface area contributed by atoms with E-state index in [9.17, 15) is 4.79 Å². The molecule has 0 spiro atoms. The molecular weight excluding hydrogens is 140 g/mol. The SMILES string of the molecule is C=CC(=O)OC(C=C)/C=C/C. The monoisotopic (exact) mass is 152 g/mol. The highest BCUT2D eigenvalue weighted by Crippen LogP contribution is 1.96. The molecule has 0 heterocycles. The quantitative estimate of drug-likeness (QED) is 0.349. The molecule has 60 valence electrons. The molecule has 1 unspecified atom stereocenters. The number of carbonyl (C=O) groups is 1. The molecule has 0 amide bonds. The molecule has 0 aliphatic carbocycles. The third kappa shape index (κ3) is 4.14. The van der Waals surface area contributed by atoms with Crippen molar-refractivity contribution in [3.63, 3.8) is 0 Å². The van der Waals surface area contributed by atoms with Crippen molar-refractivity contribution >= 4 is 5.97 Å². The van der Waals surface area contributed by atoms with E-state index in [0.717, 1.165) is 6.08 Å². The summed E-state index contributed by atoms with van der Waals surface area (Å²) in [5.41, 5.74) is 0. The third-order valence-corrected chi connectivity index (χ3v) is 1.03. The maximum Gasteiger partial charge on any atom is 0.331 e. The van der Waals surface area contributed by atoms with Crippen LogP contribution in [0.4, 0.5) is 0 Å². The zero-order valence-corrected chi connectivity index (χ0v) is 6.62. The van der Waals surface area contributed by atoms with Gasteiger partial charge >= 0.3 is 5.97 Å². The van der Waals surface area contributed by atoms with Crippen LogP contribution in [-0.2, 0) is 9.53 Å². The molecule has 0 radical (unpaired) electrons. The average molecular weight is 152 g/mol. The normalized spacial score (nSPS) is 12.5. The number of carbonyl (C=O) groups excluding carboxylic acids is 1. The van der Waals surface area contributed by atoms with Crippen molar-refractivity contribution in [3.05, 3.63) is 37.5 Å². The Balaban J connectivity index is 3.96. The highest BCUT2D eigenvalue weighted by Gasteiger charge is 2.01. The Hall–Kier alpha value is -1.31. The Morgan fingerprint density at radius 2 is 2.18 bits per heavy atom. The fourth-order valence-electron chi connectivity index (χ4n) is 0.538. The molecule has 0 saturated heterocycles. The number of hydrogen-bond acceptors (Lipinski definition) is 2. The molecule has 0 fully saturated rings. The second-order valence-corrected chi connectivity index (χ2v) is 1.87. The lowest BCUT2D eigenvalue weighted by molar-refractivity contribution is -0.139. The molecule has 0 aromatic rings. The molecular formula is C9H12O2. The number of rotatable bonds is 4. The van der Waals surface area contributed by atoms with Crippen molar-refractivity contribution in [2.75, 3.05) is 0 Å². The third-order valence-electron chi connectivity index (χ3n) is 1.03. The van der Waals surface area contributed by atoms with Crippen LogP contribution < -0.4 is 0 Å². The topological polar surface area (TPSA) is 26.3 Å². The van der Waals surface area contributed by atoms with Gasteiger partial charge in [-0.25, -0.2) is 4.79 Å². The second-order valence-electron chi connectivity index (χ2n) is 1.87. The lowest BCUT2D eigenvalue weighted by atomic mass is 10.3. The Bertz CT molecular complexity index is 180. The zero-order chi connectivity index (χ0) is 8.69. The van der Waals surface area contributed by atoms with E-state index in [-0.39, 0.29) is 6.10 Å². The van der Waals surface area contributed by atoms with E-state index >= 15 is 0 Å². The molecule has 2 heteroatoms. The first-order chi connectivity index (χ1) is 5.24. The fraction of sp³-hybridized carbons (Fsp3) is 0.222. The van der Waals surface area contributed by atoms with Gasteiger partial charge in [0, 0.05) is 6.08 Å². The highest BCUT2D eigenvalue weighted by atomic mass is 16.5. The van der Waals surface area contributed by atoms with Gasteiger partial charge in [0.25, 0.3) is 0 Å². The van der Waals surface area contributed by atoms with Crippen LogP contribution in [0.1, 0.15) is 6.92 Å². The van der Waals surface area contributed by atoms with Crippen LogP contribution in [0.2, 0.25) is 0 Å². The average Bonchev–Trinajstić information content (AvgIpc) is 2.03. The van der Waals surface area contributed by atoms with Gasteiger partial charge in [-0.2, -0.15) is 0 Å². The molecule has 0 aromatic heterocycles. The summed E-state index contributed by atoms with van der Waals surface area (Å²) in [4.78, 5) is 10.6. The predicted molar refractivity (Wildman–Crippen MR) is 45.1 cm³/mol. The second kappa shape index (κ2) is 5.47. The first kappa shape index (κ1) is 9.69. The molecule has 0 N–H and O–H groups in total. The largest absolute Gasteiger partial charge is 0.451 e. The van der Waals surface area contributed by atoms with Crippen molar-refractivity contribution < 1.29 is 9.53 Å². The fourth-order valence-corrected chi connectivity index (χ4v) is 0.538. The van der Waals surface area contributed by atoms with Gasteiger partial charge < -0.3 is 4.74 Å². The number of hydrogen-bond donors (Lipinski definition) is 0. The van der Waals surface area contributed by atoms with Gasteiger partial charge in [-0.05, 0) is 19.1 Å². The minimum Gasteiger partial charge on any atom is -0.451 e. The van der Waals surface area contributed by atoms with Gasteiger partial charge in [0.15, 0.2) is 0 Å². The summed E-state index contributed by atoms with van der Waals surface area (Å²) in [5, 5.41) is 0. The van der Waals surface area contributed by atoms with Crippen LogP contribution in [0.3, 0.4) is 0 Å². The summed E-state index contributed by atoms with van der Waals surface area (Å²) in [6, 6.07) is 0. The Morgan fingerprint density at radius 3 is 2.55 bits per heavy atom. The summed E-state index contributed by atoms with van der Waals surface area (Å²) in [7, 11) is 0. The van der Waals surface area contributed by atoms with Crippen molar-refractivity contribution in [1.82, 2.24) is 0 Å². The van der Waals surface area contributed by atoms with Crippen LogP contribution in [0.15, 0.2) is 37.5 Å². The molecule has 0 aliphatic heterocycles. The van der Waals surface area contributed by atoms with E-state index in [4.69, 9.17) is 4.74 Å².